The number of methoxy groups -OCH3 is 1. The van der Waals surface area contributed by atoms with Gasteiger partial charge in [-0.15, -0.1) is 0 Å². The van der Waals surface area contributed by atoms with E-state index in [0.29, 0.717) is 11.9 Å². The molecule has 1 fully saturated rings. The average molecular weight is 231 g/mol. The van der Waals surface area contributed by atoms with Gasteiger partial charge in [0.2, 0.25) is 5.88 Å². The Kier molecular flexibility index (Phi) is 2.71. The molecule has 1 saturated carbocycles. The van der Waals surface area contributed by atoms with Gasteiger partial charge in [-0.2, -0.15) is 0 Å². The molecule has 1 aliphatic carbocycles. The van der Waals surface area contributed by atoms with Crippen LogP contribution in [0, 0.1) is 0 Å². The first-order chi connectivity index (χ1) is 8.40. The van der Waals surface area contributed by atoms with Crippen LogP contribution in [0.3, 0.4) is 0 Å². The SMILES string of the molecule is COc1ncnc2c1ccn2C1CCCCC1. The van der Waals surface area contributed by atoms with Crippen LogP contribution in [0.2, 0.25) is 0 Å². The molecule has 0 amide bonds. The van der Waals surface area contributed by atoms with E-state index in [-0.39, 0.29) is 0 Å². The first kappa shape index (κ1) is 10.6. The van der Waals surface area contributed by atoms with Crippen molar-refractivity contribution in [1.82, 2.24) is 14.5 Å². The molecule has 2 aromatic rings. The molecule has 0 aromatic carbocycles. The van der Waals surface area contributed by atoms with Gasteiger partial charge in [0.25, 0.3) is 0 Å². The van der Waals surface area contributed by atoms with Gasteiger partial charge in [-0.25, -0.2) is 9.97 Å². The van der Waals surface area contributed by atoms with Crippen LogP contribution >= 0.6 is 0 Å². The summed E-state index contributed by atoms with van der Waals surface area (Å²) in [5.74, 6) is 0.671. The van der Waals surface area contributed by atoms with Crippen LogP contribution < -0.4 is 4.74 Å². The normalized spacial score (nSPS) is 17.5. The molecule has 1 aliphatic rings. The third-order valence-corrected chi connectivity index (χ3v) is 3.63. The Morgan fingerprint density at radius 1 is 1.24 bits per heavy atom. The summed E-state index contributed by atoms with van der Waals surface area (Å²) in [5, 5.41) is 1.01. The zero-order valence-corrected chi connectivity index (χ0v) is 10.1. The van der Waals surface area contributed by atoms with Gasteiger partial charge in [-0.05, 0) is 18.9 Å². The maximum Gasteiger partial charge on any atom is 0.225 e. The molecule has 0 radical (unpaired) electrons. The summed E-state index contributed by atoms with van der Waals surface area (Å²) in [6.45, 7) is 0. The Hall–Kier alpha value is -1.58. The van der Waals surface area contributed by atoms with Crippen molar-refractivity contribution < 1.29 is 4.74 Å². The summed E-state index contributed by atoms with van der Waals surface area (Å²) in [6, 6.07) is 2.66. The van der Waals surface area contributed by atoms with Gasteiger partial charge < -0.3 is 9.30 Å². The Balaban J connectivity index is 2.05. The minimum Gasteiger partial charge on any atom is -0.480 e. The molecule has 17 heavy (non-hydrogen) atoms. The highest BCUT2D eigenvalue weighted by Gasteiger charge is 2.18. The number of hydrogen-bond acceptors (Lipinski definition) is 3. The Bertz CT molecular complexity index is 514. The second kappa shape index (κ2) is 4.35. The van der Waals surface area contributed by atoms with E-state index in [9.17, 15) is 0 Å². The molecule has 0 bridgehead atoms. The molecule has 2 heterocycles. The standard InChI is InChI=1S/C13H17N3O/c1-17-13-11-7-8-16(12(11)14-9-15-13)10-5-3-2-4-6-10/h7-10H,2-6H2,1H3. The van der Waals surface area contributed by atoms with Crippen LogP contribution in [0.5, 0.6) is 5.88 Å². The fourth-order valence-electron chi connectivity index (χ4n) is 2.76. The smallest absolute Gasteiger partial charge is 0.225 e. The van der Waals surface area contributed by atoms with Gasteiger partial charge in [0.05, 0.1) is 12.5 Å². The zero-order valence-electron chi connectivity index (χ0n) is 10.1. The fourth-order valence-corrected chi connectivity index (χ4v) is 2.76. The molecule has 2 aromatic heterocycles. The number of ether oxygens (including phenoxy) is 1. The molecule has 0 atom stereocenters. The molecular formula is C13H17N3O. The van der Waals surface area contributed by atoms with Crippen LogP contribution in [-0.2, 0) is 0 Å². The monoisotopic (exact) mass is 231 g/mol. The third kappa shape index (κ3) is 1.77. The van der Waals surface area contributed by atoms with E-state index in [1.54, 1.807) is 13.4 Å². The quantitative estimate of drug-likeness (QED) is 0.797. The Morgan fingerprint density at radius 2 is 2.06 bits per heavy atom. The van der Waals surface area contributed by atoms with Crippen molar-refractivity contribution in [3.63, 3.8) is 0 Å². The van der Waals surface area contributed by atoms with E-state index in [1.807, 2.05) is 0 Å². The van der Waals surface area contributed by atoms with E-state index < -0.39 is 0 Å². The maximum atomic E-state index is 5.26. The van der Waals surface area contributed by atoms with Crippen LogP contribution in [0.15, 0.2) is 18.6 Å². The first-order valence-electron chi connectivity index (χ1n) is 6.25. The van der Waals surface area contributed by atoms with Crippen molar-refractivity contribution in [3.05, 3.63) is 18.6 Å². The van der Waals surface area contributed by atoms with Crippen LogP contribution in [0.25, 0.3) is 11.0 Å². The Morgan fingerprint density at radius 3 is 2.82 bits per heavy atom. The molecular weight excluding hydrogens is 214 g/mol. The van der Waals surface area contributed by atoms with Crippen molar-refractivity contribution in [2.24, 2.45) is 0 Å². The zero-order chi connectivity index (χ0) is 11.7. The highest BCUT2D eigenvalue weighted by molar-refractivity contribution is 5.81. The molecule has 3 rings (SSSR count). The summed E-state index contributed by atoms with van der Waals surface area (Å²) in [6.07, 6.45) is 10.2. The van der Waals surface area contributed by atoms with Crippen molar-refractivity contribution >= 4 is 11.0 Å². The van der Waals surface area contributed by atoms with Crippen LogP contribution in [0.1, 0.15) is 38.1 Å². The van der Waals surface area contributed by atoms with E-state index in [1.165, 1.54) is 32.1 Å². The fraction of sp³-hybridized carbons (Fsp3) is 0.538. The van der Waals surface area contributed by atoms with Gasteiger partial charge in [0, 0.05) is 12.2 Å². The summed E-state index contributed by atoms with van der Waals surface area (Å²) in [7, 11) is 1.65. The lowest BCUT2D eigenvalue weighted by Crippen LogP contribution is -2.12. The van der Waals surface area contributed by atoms with Crippen LogP contribution in [-0.4, -0.2) is 21.6 Å². The highest BCUT2D eigenvalue weighted by Crippen LogP contribution is 2.32. The maximum absolute atomic E-state index is 5.26. The van der Waals surface area contributed by atoms with E-state index in [0.717, 1.165) is 11.0 Å². The average Bonchev–Trinajstić information content (AvgIpc) is 2.83. The predicted octanol–water partition coefficient (Wildman–Crippen LogP) is 2.95. The van der Waals surface area contributed by atoms with Crippen LogP contribution in [0.4, 0.5) is 0 Å². The van der Waals surface area contributed by atoms with E-state index in [4.69, 9.17) is 4.74 Å². The predicted molar refractivity (Wildman–Crippen MR) is 66.2 cm³/mol. The molecule has 0 aliphatic heterocycles. The van der Waals surface area contributed by atoms with Gasteiger partial charge in [0.15, 0.2) is 0 Å². The molecule has 0 spiro atoms. The minimum absolute atomic E-state index is 0.598. The summed E-state index contributed by atoms with van der Waals surface area (Å²) in [5.41, 5.74) is 1.00. The Labute approximate surface area is 101 Å². The van der Waals surface area contributed by atoms with Crippen molar-refractivity contribution in [2.45, 2.75) is 38.1 Å². The lowest BCUT2D eigenvalue weighted by Gasteiger charge is -2.23. The molecule has 0 saturated heterocycles. The van der Waals surface area contributed by atoms with Crippen molar-refractivity contribution in [2.75, 3.05) is 7.11 Å². The number of fused-ring (bicyclic) bond motifs is 1. The minimum atomic E-state index is 0.598. The largest absolute Gasteiger partial charge is 0.480 e. The topological polar surface area (TPSA) is 39.9 Å². The molecule has 90 valence electrons. The summed E-state index contributed by atoms with van der Waals surface area (Å²) in [4.78, 5) is 8.53. The lowest BCUT2D eigenvalue weighted by atomic mass is 9.95. The van der Waals surface area contributed by atoms with Crippen molar-refractivity contribution in [1.29, 1.82) is 0 Å². The molecule has 4 heteroatoms. The second-order valence-corrected chi connectivity index (χ2v) is 4.64. The lowest BCUT2D eigenvalue weighted by molar-refractivity contribution is 0.359. The molecule has 0 unspecified atom stereocenters. The van der Waals surface area contributed by atoms with Gasteiger partial charge in [0.1, 0.15) is 12.0 Å². The van der Waals surface area contributed by atoms with Crippen molar-refractivity contribution in [3.8, 4) is 5.88 Å². The summed E-state index contributed by atoms with van der Waals surface area (Å²) >= 11 is 0. The van der Waals surface area contributed by atoms with Gasteiger partial charge in [-0.1, -0.05) is 19.3 Å². The number of rotatable bonds is 2. The van der Waals surface area contributed by atoms with E-state index in [2.05, 4.69) is 26.8 Å². The number of nitrogens with zero attached hydrogens (tertiary/aromatic N) is 3. The van der Waals surface area contributed by atoms with Gasteiger partial charge >= 0.3 is 0 Å². The molecule has 4 nitrogen and oxygen atoms in total. The second-order valence-electron chi connectivity index (χ2n) is 4.64. The summed E-state index contributed by atoms with van der Waals surface area (Å²) < 4.78 is 7.55. The van der Waals surface area contributed by atoms with E-state index >= 15 is 0 Å². The number of hydrogen-bond donors (Lipinski definition) is 0. The highest BCUT2D eigenvalue weighted by atomic mass is 16.5. The number of aromatic nitrogens is 3. The third-order valence-electron chi connectivity index (χ3n) is 3.63. The molecule has 0 N–H and O–H groups in total. The first-order valence-corrected chi connectivity index (χ1v) is 6.25. The van der Waals surface area contributed by atoms with Gasteiger partial charge in [-0.3, -0.25) is 0 Å².